The molecule has 1 fully saturated rings. The fraction of sp³-hybridized carbons (Fsp3) is 0.462. The molecule has 0 amide bonds. The van der Waals surface area contributed by atoms with Crippen molar-refractivity contribution in [3.63, 3.8) is 0 Å². The Bertz CT molecular complexity index is 1060. The quantitative estimate of drug-likeness (QED) is 0.309. The molecule has 1 aliphatic heterocycles. The molecule has 0 radical (unpaired) electrons. The lowest BCUT2D eigenvalue weighted by Crippen LogP contribution is -2.38. The average molecular weight is 466 g/mol. The minimum atomic E-state index is 0.589. The summed E-state index contributed by atoms with van der Waals surface area (Å²) in [6, 6.07) is 12.0. The molecule has 0 bridgehead atoms. The van der Waals surface area contributed by atoms with E-state index in [1.807, 2.05) is 36.4 Å². The van der Waals surface area contributed by atoms with Gasteiger partial charge in [-0.15, -0.1) is 0 Å². The maximum atomic E-state index is 6.08. The number of pyridine rings is 1. The number of aromatic nitrogens is 1. The molecule has 0 spiro atoms. The van der Waals surface area contributed by atoms with Gasteiger partial charge < -0.3 is 18.8 Å². The van der Waals surface area contributed by atoms with Crippen LogP contribution in [0.15, 0.2) is 52.2 Å². The van der Waals surface area contributed by atoms with Crippen LogP contribution in [0.1, 0.15) is 32.3 Å². The van der Waals surface area contributed by atoms with Crippen molar-refractivity contribution in [3.05, 3.63) is 48.2 Å². The van der Waals surface area contributed by atoms with E-state index in [-0.39, 0.29) is 0 Å². The van der Waals surface area contributed by atoms with E-state index in [0.717, 1.165) is 81.0 Å². The summed E-state index contributed by atoms with van der Waals surface area (Å²) in [5, 5.41) is 5.48. The molecule has 1 N–H and O–H groups in total. The second-order valence-electron chi connectivity index (χ2n) is 8.43. The fourth-order valence-electron chi connectivity index (χ4n) is 4.06. The van der Waals surface area contributed by atoms with E-state index in [9.17, 15) is 0 Å². The summed E-state index contributed by atoms with van der Waals surface area (Å²) >= 11 is 0. The topological polar surface area (TPSA) is 75.4 Å². The van der Waals surface area contributed by atoms with Crippen molar-refractivity contribution in [2.75, 3.05) is 62.9 Å². The monoisotopic (exact) mass is 465 g/mol. The predicted octanol–water partition coefficient (Wildman–Crippen LogP) is 4.61. The molecule has 1 aromatic carbocycles. The molecule has 0 saturated carbocycles. The molecule has 1 saturated heterocycles. The van der Waals surface area contributed by atoms with Crippen LogP contribution < -0.4 is 15.1 Å². The van der Waals surface area contributed by atoms with E-state index in [4.69, 9.17) is 13.9 Å². The minimum absolute atomic E-state index is 0.589. The highest BCUT2D eigenvalue weighted by Gasteiger charge is 2.12. The van der Waals surface area contributed by atoms with Gasteiger partial charge in [0.15, 0.2) is 5.82 Å². The summed E-state index contributed by atoms with van der Waals surface area (Å²) in [5.74, 6) is 1.28. The van der Waals surface area contributed by atoms with Gasteiger partial charge in [-0.3, -0.25) is 10.3 Å². The Hall–Kier alpha value is -3.10. The summed E-state index contributed by atoms with van der Waals surface area (Å²) in [6.45, 7) is 11.3. The second-order valence-corrected chi connectivity index (χ2v) is 8.43. The molecule has 182 valence electrons. The second kappa shape index (κ2) is 12.4. The van der Waals surface area contributed by atoms with Crippen LogP contribution in [-0.4, -0.2) is 68.6 Å². The molecule has 0 unspecified atom stereocenters. The van der Waals surface area contributed by atoms with Gasteiger partial charge >= 0.3 is 0 Å². The highest BCUT2D eigenvalue weighted by Crippen LogP contribution is 2.25. The number of rotatable bonds is 12. The maximum Gasteiger partial charge on any atom is 0.217 e. The molecule has 4 rings (SSSR count). The van der Waals surface area contributed by atoms with Crippen molar-refractivity contribution in [1.29, 1.82) is 0 Å². The molecule has 8 heteroatoms. The van der Waals surface area contributed by atoms with Gasteiger partial charge in [-0.25, -0.2) is 0 Å². The van der Waals surface area contributed by atoms with E-state index < -0.39 is 0 Å². The van der Waals surface area contributed by atoms with E-state index in [0.29, 0.717) is 18.3 Å². The number of nitrogens with zero attached hydrogens (tertiary/aromatic N) is 4. The number of hydrogen-bond acceptors (Lipinski definition) is 8. The fourth-order valence-corrected chi connectivity index (χ4v) is 4.06. The number of benzene rings is 1. The van der Waals surface area contributed by atoms with Crippen LogP contribution in [0, 0.1) is 0 Å². The van der Waals surface area contributed by atoms with Gasteiger partial charge in [0.2, 0.25) is 5.88 Å². The zero-order chi connectivity index (χ0) is 23.6. The first-order valence-corrected chi connectivity index (χ1v) is 12.2. The van der Waals surface area contributed by atoms with Crippen molar-refractivity contribution in [2.24, 2.45) is 5.10 Å². The molecule has 0 aliphatic carbocycles. The molecule has 8 nitrogen and oxygen atoms in total. The first-order chi connectivity index (χ1) is 16.7. The molecule has 3 aromatic rings. The number of furan rings is 1. The third-order valence-electron chi connectivity index (χ3n) is 5.77. The van der Waals surface area contributed by atoms with Gasteiger partial charge in [0.25, 0.3) is 0 Å². The summed E-state index contributed by atoms with van der Waals surface area (Å²) in [6.07, 6.45) is 5.63. The number of hydrogen-bond donors (Lipinski definition) is 1. The van der Waals surface area contributed by atoms with Gasteiger partial charge in [-0.2, -0.15) is 10.1 Å². The highest BCUT2D eigenvalue weighted by atomic mass is 16.5. The van der Waals surface area contributed by atoms with E-state index in [1.165, 1.54) is 0 Å². The van der Waals surface area contributed by atoms with Crippen molar-refractivity contribution < 1.29 is 13.9 Å². The van der Waals surface area contributed by atoms with Crippen molar-refractivity contribution in [3.8, 4) is 5.88 Å². The lowest BCUT2D eigenvalue weighted by Gasteiger charge is -2.26. The van der Waals surface area contributed by atoms with Crippen LogP contribution in [0.2, 0.25) is 0 Å². The Morgan fingerprint density at radius 2 is 1.94 bits per heavy atom. The number of ether oxygens (including phenoxy) is 2. The smallest absolute Gasteiger partial charge is 0.217 e. The highest BCUT2D eigenvalue weighted by molar-refractivity contribution is 5.88. The average Bonchev–Trinajstić information content (AvgIpc) is 3.33. The number of morpholine rings is 1. The maximum absolute atomic E-state index is 6.08. The minimum Gasteiger partial charge on any atom is -0.476 e. The summed E-state index contributed by atoms with van der Waals surface area (Å²) in [7, 11) is 0. The SMILES string of the molecule is CCCN(CCC)c1cc(N/N=C/c2ccc3occc3c2)nc(OCCN2CCOCC2)c1. The number of fused-ring (bicyclic) bond motifs is 1. The third kappa shape index (κ3) is 6.71. The van der Waals surface area contributed by atoms with Gasteiger partial charge in [0.1, 0.15) is 12.2 Å². The summed E-state index contributed by atoms with van der Waals surface area (Å²) < 4.78 is 16.9. The van der Waals surface area contributed by atoms with Crippen LogP contribution in [0.4, 0.5) is 11.5 Å². The molecule has 1 aliphatic rings. The molecule has 34 heavy (non-hydrogen) atoms. The normalized spacial score (nSPS) is 14.6. The Morgan fingerprint density at radius 1 is 1.12 bits per heavy atom. The van der Waals surface area contributed by atoms with E-state index in [2.05, 4.69) is 39.2 Å². The zero-order valence-electron chi connectivity index (χ0n) is 20.2. The number of anilines is 2. The standard InChI is InChI=1S/C26H35N5O3/c1-3-8-31(9-4-2)23-18-25(28-26(19-23)34-16-12-30-10-14-32-15-11-30)29-27-20-21-5-6-24-22(17-21)7-13-33-24/h5-7,13,17-20H,3-4,8-12,14-16H2,1-2H3,(H,28,29)/b27-20+. The Kier molecular flexibility index (Phi) is 8.76. The van der Waals surface area contributed by atoms with E-state index in [1.54, 1.807) is 12.5 Å². The summed E-state index contributed by atoms with van der Waals surface area (Å²) in [4.78, 5) is 9.39. The molecular formula is C26H35N5O3. The van der Waals surface area contributed by atoms with Crippen LogP contribution in [-0.2, 0) is 4.74 Å². The van der Waals surface area contributed by atoms with Crippen LogP contribution >= 0.6 is 0 Å². The molecule has 0 atom stereocenters. The lowest BCUT2D eigenvalue weighted by atomic mass is 10.2. The van der Waals surface area contributed by atoms with Crippen LogP contribution in [0.3, 0.4) is 0 Å². The Balaban J connectivity index is 1.46. The van der Waals surface area contributed by atoms with Crippen LogP contribution in [0.5, 0.6) is 5.88 Å². The molecule has 3 heterocycles. The van der Waals surface area contributed by atoms with Crippen molar-refractivity contribution in [2.45, 2.75) is 26.7 Å². The molecule has 2 aromatic heterocycles. The van der Waals surface area contributed by atoms with Crippen LogP contribution in [0.25, 0.3) is 11.0 Å². The number of hydrazone groups is 1. The predicted molar refractivity (Wildman–Crippen MR) is 137 cm³/mol. The zero-order valence-corrected chi connectivity index (χ0v) is 20.2. The first kappa shape index (κ1) is 24.0. The van der Waals surface area contributed by atoms with E-state index >= 15 is 0 Å². The Morgan fingerprint density at radius 3 is 2.74 bits per heavy atom. The molecular weight excluding hydrogens is 430 g/mol. The van der Waals surface area contributed by atoms with Gasteiger partial charge in [0, 0.05) is 55.9 Å². The Labute approximate surface area is 201 Å². The third-order valence-corrected chi connectivity index (χ3v) is 5.77. The van der Waals surface area contributed by atoms with Crippen molar-refractivity contribution in [1.82, 2.24) is 9.88 Å². The van der Waals surface area contributed by atoms with Gasteiger partial charge in [-0.05, 0) is 42.7 Å². The number of nitrogens with one attached hydrogen (secondary N) is 1. The summed E-state index contributed by atoms with van der Waals surface area (Å²) in [5.41, 5.74) is 6.04. The van der Waals surface area contributed by atoms with Crippen molar-refractivity contribution >= 4 is 28.7 Å². The van der Waals surface area contributed by atoms with Gasteiger partial charge in [0.05, 0.1) is 25.7 Å². The lowest BCUT2D eigenvalue weighted by molar-refractivity contribution is 0.0320. The van der Waals surface area contributed by atoms with Gasteiger partial charge in [-0.1, -0.05) is 13.8 Å². The largest absolute Gasteiger partial charge is 0.476 e. The first-order valence-electron chi connectivity index (χ1n) is 12.2.